The van der Waals surface area contributed by atoms with Crippen molar-refractivity contribution < 1.29 is 17.9 Å². The van der Waals surface area contributed by atoms with Crippen LogP contribution in [-0.2, 0) is 10.0 Å². The summed E-state index contributed by atoms with van der Waals surface area (Å²) >= 11 is 0. The maximum atomic E-state index is 12.7. The number of sulfonamides is 1. The molecule has 0 bridgehead atoms. The molecule has 3 aromatic carbocycles. The number of anilines is 1. The van der Waals surface area contributed by atoms with Crippen LogP contribution in [0, 0.1) is 6.92 Å². The van der Waals surface area contributed by atoms with Crippen LogP contribution < -0.4 is 14.8 Å². The molecular formula is C23H24N2O4S. The van der Waals surface area contributed by atoms with Crippen molar-refractivity contribution >= 4 is 21.6 Å². The number of methoxy groups -OCH3 is 1. The first-order chi connectivity index (χ1) is 14.3. The number of hydrogen-bond donors (Lipinski definition) is 2. The van der Waals surface area contributed by atoms with Gasteiger partial charge in [0.25, 0.3) is 15.9 Å². The van der Waals surface area contributed by atoms with E-state index >= 15 is 0 Å². The van der Waals surface area contributed by atoms with Crippen molar-refractivity contribution in [1.29, 1.82) is 0 Å². The monoisotopic (exact) mass is 424 g/mol. The van der Waals surface area contributed by atoms with Crippen molar-refractivity contribution in [3.63, 3.8) is 0 Å². The number of ether oxygens (including phenoxy) is 1. The molecule has 0 spiro atoms. The molecule has 2 N–H and O–H groups in total. The van der Waals surface area contributed by atoms with Gasteiger partial charge < -0.3 is 10.1 Å². The largest absolute Gasteiger partial charge is 0.497 e. The van der Waals surface area contributed by atoms with Crippen molar-refractivity contribution in [2.45, 2.75) is 24.8 Å². The topological polar surface area (TPSA) is 84.5 Å². The Morgan fingerprint density at radius 2 is 1.63 bits per heavy atom. The van der Waals surface area contributed by atoms with Gasteiger partial charge in [0, 0.05) is 11.3 Å². The SMILES string of the molecule is COc1ccc(S(=O)(=O)Nc2cccc(C(=O)N[C@H](C)c3ccc(C)cc3)c2)cc1. The lowest BCUT2D eigenvalue weighted by Crippen LogP contribution is -2.26. The second kappa shape index (κ2) is 9.00. The Kier molecular flexibility index (Phi) is 6.42. The normalized spacial score (nSPS) is 12.1. The summed E-state index contributed by atoms with van der Waals surface area (Å²) in [5, 5.41) is 2.94. The Balaban J connectivity index is 1.73. The molecule has 0 fully saturated rings. The van der Waals surface area contributed by atoms with Crippen molar-refractivity contribution in [3.05, 3.63) is 89.5 Å². The van der Waals surface area contributed by atoms with Gasteiger partial charge in [-0.25, -0.2) is 8.42 Å². The quantitative estimate of drug-likeness (QED) is 0.592. The number of carbonyl (C=O) groups is 1. The van der Waals surface area contributed by atoms with E-state index in [-0.39, 0.29) is 16.8 Å². The average molecular weight is 425 g/mol. The second-order valence-electron chi connectivity index (χ2n) is 6.97. The molecule has 0 unspecified atom stereocenters. The van der Waals surface area contributed by atoms with E-state index in [9.17, 15) is 13.2 Å². The third kappa shape index (κ3) is 5.18. The van der Waals surface area contributed by atoms with E-state index in [1.807, 2.05) is 38.1 Å². The smallest absolute Gasteiger partial charge is 0.261 e. The van der Waals surface area contributed by atoms with Crippen LogP contribution in [0.3, 0.4) is 0 Å². The summed E-state index contributed by atoms with van der Waals surface area (Å²) in [5.74, 6) is 0.281. The van der Waals surface area contributed by atoms with E-state index < -0.39 is 10.0 Å². The van der Waals surface area contributed by atoms with Gasteiger partial charge in [0.1, 0.15) is 5.75 Å². The Labute approximate surface area is 177 Å². The predicted molar refractivity (Wildman–Crippen MR) is 117 cm³/mol. The number of rotatable bonds is 7. The molecule has 1 atom stereocenters. The maximum Gasteiger partial charge on any atom is 0.261 e. The lowest BCUT2D eigenvalue weighted by molar-refractivity contribution is 0.0940. The number of carbonyl (C=O) groups excluding carboxylic acids is 1. The number of nitrogens with one attached hydrogen (secondary N) is 2. The van der Waals surface area contributed by atoms with E-state index in [1.54, 1.807) is 30.3 Å². The van der Waals surface area contributed by atoms with Gasteiger partial charge in [0.2, 0.25) is 0 Å². The molecule has 156 valence electrons. The van der Waals surface area contributed by atoms with Gasteiger partial charge in [-0.15, -0.1) is 0 Å². The van der Waals surface area contributed by atoms with Crippen LogP contribution in [0.15, 0.2) is 77.7 Å². The summed E-state index contributed by atoms with van der Waals surface area (Å²) in [6, 6.07) is 20.2. The number of aryl methyl sites for hydroxylation is 1. The molecule has 7 heteroatoms. The summed E-state index contributed by atoms with van der Waals surface area (Å²) < 4.78 is 32.8. The van der Waals surface area contributed by atoms with Crippen molar-refractivity contribution in [2.75, 3.05) is 11.8 Å². The Hall–Kier alpha value is -3.32. The molecule has 6 nitrogen and oxygen atoms in total. The summed E-state index contributed by atoms with van der Waals surface area (Å²) in [6.07, 6.45) is 0. The molecule has 3 rings (SSSR count). The van der Waals surface area contributed by atoms with Gasteiger partial charge in [0.05, 0.1) is 18.0 Å². The highest BCUT2D eigenvalue weighted by atomic mass is 32.2. The van der Waals surface area contributed by atoms with Gasteiger partial charge in [-0.1, -0.05) is 35.9 Å². The van der Waals surface area contributed by atoms with E-state index in [4.69, 9.17) is 4.74 Å². The molecule has 0 saturated heterocycles. The molecule has 0 aliphatic heterocycles. The zero-order valence-corrected chi connectivity index (χ0v) is 17.9. The predicted octanol–water partition coefficient (Wildman–Crippen LogP) is 4.30. The molecule has 0 aliphatic carbocycles. The molecular weight excluding hydrogens is 400 g/mol. The third-order valence-corrected chi connectivity index (χ3v) is 6.07. The first-order valence-corrected chi connectivity index (χ1v) is 10.9. The molecule has 1 amide bonds. The zero-order valence-electron chi connectivity index (χ0n) is 17.0. The van der Waals surface area contributed by atoms with E-state index in [2.05, 4.69) is 10.0 Å². The highest BCUT2D eigenvalue weighted by Crippen LogP contribution is 2.20. The summed E-state index contributed by atoms with van der Waals surface area (Å²) in [6.45, 7) is 3.91. The Morgan fingerprint density at radius 3 is 2.27 bits per heavy atom. The van der Waals surface area contributed by atoms with Crippen LogP contribution in [0.2, 0.25) is 0 Å². The minimum Gasteiger partial charge on any atom is -0.497 e. The first-order valence-electron chi connectivity index (χ1n) is 9.43. The zero-order chi connectivity index (χ0) is 21.7. The first kappa shape index (κ1) is 21.4. The van der Waals surface area contributed by atoms with Gasteiger partial charge in [-0.05, 0) is 61.9 Å². The van der Waals surface area contributed by atoms with E-state index in [0.29, 0.717) is 17.0 Å². The standard InChI is InChI=1S/C23H24N2O4S/c1-16-7-9-18(10-8-16)17(2)24-23(26)19-5-4-6-20(15-19)25-30(27,28)22-13-11-21(29-3)12-14-22/h4-15,17,25H,1-3H3,(H,24,26)/t17-/m1/s1. The van der Waals surface area contributed by atoms with E-state index in [1.165, 1.54) is 25.3 Å². The maximum absolute atomic E-state index is 12.7. The van der Waals surface area contributed by atoms with Crippen molar-refractivity contribution in [3.8, 4) is 5.75 Å². The lowest BCUT2D eigenvalue weighted by Gasteiger charge is -2.15. The Bertz CT molecular complexity index is 1120. The number of benzene rings is 3. The summed E-state index contributed by atoms with van der Waals surface area (Å²) in [4.78, 5) is 12.8. The van der Waals surface area contributed by atoms with Crippen molar-refractivity contribution in [1.82, 2.24) is 5.32 Å². The minimum absolute atomic E-state index is 0.103. The molecule has 0 aromatic heterocycles. The summed E-state index contributed by atoms with van der Waals surface area (Å²) in [7, 11) is -2.28. The highest BCUT2D eigenvalue weighted by Gasteiger charge is 2.16. The fraction of sp³-hybridized carbons (Fsp3) is 0.174. The lowest BCUT2D eigenvalue weighted by atomic mass is 10.1. The number of hydrogen-bond acceptors (Lipinski definition) is 4. The molecule has 0 heterocycles. The van der Waals surface area contributed by atoms with Crippen molar-refractivity contribution in [2.24, 2.45) is 0 Å². The average Bonchev–Trinajstić information content (AvgIpc) is 2.74. The van der Waals surface area contributed by atoms with E-state index in [0.717, 1.165) is 11.1 Å². The fourth-order valence-electron chi connectivity index (χ4n) is 2.91. The molecule has 3 aromatic rings. The van der Waals surface area contributed by atoms with Gasteiger partial charge >= 0.3 is 0 Å². The Morgan fingerprint density at radius 1 is 0.967 bits per heavy atom. The third-order valence-electron chi connectivity index (χ3n) is 4.67. The van der Waals surface area contributed by atoms with Crippen LogP contribution in [-0.4, -0.2) is 21.4 Å². The van der Waals surface area contributed by atoms with Crippen LogP contribution >= 0.6 is 0 Å². The molecule has 0 radical (unpaired) electrons. The number of amides is 1. The fourth-order valence-corrected chi connectivity index (χ4v) is 3.96. The van der Waals surface area contributed by atoms with Crippen LogP contribution in [0.5, 0.6) is 5.75 Å². The summed E-state index contributed by atoms with van der Waals surface area (Å²) in [5.41, 5.74) is 2.81. The van der Waals surface area contributed by atoms with Crippen LogP contribution in [0.1, 0.15) is 34.5 Å². The molecule has 30 heavy (non-hydrogen) atoms. The molecule has 0 aliphatic rings. The van der Waals surface area contributed by atoms with Gasteiger partial charge in [-0.2, -0.15) is 0 Å². The minimum atomic E-state index is -3.79. The van der Waals surface area contributed by atoms with Crippen LogP contribution in [0.4, 0.5) is 5.69 Å². The highest BCUT2D eigenvalue weighted by molar-refractivity contribution is 7.92. The molecule has 0 saturated carbocycles. The van der Waals surface area contributed by atoms with Gasteiger partial charge in [-0.3, -0.25) is 9.52 Å². The van der Waals surface area contributed by atoms with Crippen LogP contribution in [0.25, 0.3) is 0 Å². The second-order valence-corrected chi connectivity index (χ2v) is 8.65. The van der Waals surface area contributed by atoms with Gasteiger partial charge in [0.15, 0.2) is 0 Å².